The number of rotatable bonds is 9. The first-order valence-electron chi connectivity index (χ1n) is 7.96. The third kappa shape index (κ3) is 7.20. The van der Waals surface area contributed by atoms with E-state index in [9.17, 15) is 13.2 Å². The summed E-state index contributed by atoms with van der Waals surface area (Å²) in [7, 11) is 1.63. The second kappa shape index (κ2) is 10.2. The predicted molar refractivity (Wildman–Crippen MR) is 85.0 cm³/mol. The van der Waals surface area contributed by atoms with Gasteiger partial charge >= 0.3 is 6.18 Å². The van der Waals surface area contributed by atoms with Gasteiger partial charge in [0.1, 0.15) is 12.4 Å². The predicted octanol–water partition coefficient (Wildman–Crippen LogP) is 2.43. The first-order valence-corrected chi connectivity index (χ1v) is 7.96. The van der Waals surface area contributed by atoms with Gasteiger partial charge in [0.25, 0.3) is 0 Å². The highest BCUT2D eigenvalue weighted by atomic mass is 19.4. The molecule has 1 aromatic heterocycles. The largest absolute Gasteiger partial charge is 0.411 e. The Morgan fingerprint density at radius 1 is 1.25 bits per heavy atom. The van der Waals surface area contributed by atoms with E-state index in [1.165, 1.54) is 0 Å². The van der Waals surface area contributed by atoms with Gasteiger partial charge < -0.3 is 19.9 Å². The van der Waals surface area contributed by atoms with Crippen LogP contribution in [0.15, 0.2) is 9.52 Å². The van der Waals surface area contributed by atoms with Crippen molar-refractivity contribution in [1.82, 2.24) is 15.8 Å². The zero-order valence-corrected chi connectivity index (χ0v) is 14.3. The summed E-state index contributed by atoms with van der Waals surface area (Å²) < 4.78 is 45.6. The van der Waals surface area contributed by atoms with E-state index in [-0.39, 0.29) is 6.61 Å². The summed E-state index contributed by atoms with van der Waals surface area (Å²) in [4.78, 5) is 4.08. The fourth-order valence-corrected chi connectivity index (χ4v) is 2.10. The van der Waals surface area contributed by atoms with Crippen molar-refractivity contribution in [3.05, 3.63) is 17.0 Å². The van der Waals surface area contributed by atoms with Crippen LogP contribution in [0.5, 0.6) is 0 Å². The van der Waals surface area contributed by atoms with Gasteiger partial charge in [0.2, 0.25) is 0 Å². The normalized spacial score (nSPS) is 12.5. The maximum Gasteiger partial charge on any atom is 0.411 e. The summed E-state index contributed by atoms with van der Waals surface area (Å²) in [5.74, 6) is 1.41. The number of guanidine groups is 1. The maximum absolute atomic E-state index is 11.9. The van der Waals surface area contributed by atoms with E-state index in [1.807, 2.05) is 13.8 Å². The fraction of sp³-hybridized carbons (Fsp3) is 0.733. The summed E-state index contributed by atoms with van der Waals surface area (Å²) >= 11 is 0. The van der Waals surface area contributed by atoms with Crippen molar-refractivity contribution in [3.8, 4) is 0 Å². The minimum atomic E-state index is -4.28. The SMILES string of the molecule is CCc1noc(CC)c1CNC(=NC)NCCCOCC(F)(F)F. The number of aromatic nitrogens is 1. The standard InChI is InChI=1S/C15H25F3N4O2/c1-4-12-11(13(5-2)24-22-12)9-21-14(19-3)20-7-6-8-23-10-15(16,17)18/h4-10H2,1-3H3,(H2,19,20,21). The van der Waals surface area contributed by atoms with Gasteiger partial charge in [-0.15, -0.1) is 0 Å². The van der Waals surface area contributed by atoms with Crippen LogP contribution in [0, 0.1) is 0 Å². The van der Waals surface area contributed by atoms with E-state index in [0.717, 1.165) is 29.9 Å². The molecule has 0 aliphatic heterocycles. The van der Waals surface area contributed by atoms with Gasteiger partial charge in [0, 0.05) is 38.7 Å². The number of halogens is 3. The highest BCUT2D eigenvalue weighted by Gasteiger charge is 2.27. The van der Waals surface area contributed by atoms with Crippen molar-refractivity contribution < 1.29 is 22.4 Å². The van der Waals surface area contributed by atoms with Crippen LogP contribution in [0.25, 0.3) is 0 Å². The molecule has 0 aliphatic rings. The van der Waals surface area contributed by atoms with Gasteiger partial charge in [-0.1, -0.05) is 19.0 Å². The van der Waals surface area contributed by atoms with Crippen molar-refractivity contribution in [2.45, 2.75) is 45.8 Å². The third-order valence-electron chi connectivity index (χ3n) is 3.29. The smallest absolute Gasteiger partial charge is 0.372 e. The quantitative estimate of drug-likeness (QED) is 0.407. The van der Waals surface area contributed by atoms with Crippen LogP contribution in [-0.2, 0) is 24.1 Å². The number of nitrogens with zero attached hydrogens (tertiary/aromatic N) is 2. The molecule has 6 nitrogen and oxygen atoms in total. The topological polar surface area (TPSA) is 71.7 Å². The average molecular weight is 350 g/mol. The highest BCUT2D eigenvalue weighted by molar-refractivity contribution is 5.79. The molecule has 2 N–H and O–H groups in total. The molecule has 0 aliphatic carbocycles. The van der Waals surface area contributed by atoms with Gasteiger partial charge in [-0.05, 0) is 12.8 Å². The molecule has 0 saturated carbocycles. The molecule has 0 atom stereocenters. The lowest BCUT2D eigenvalue weighted by Crippen LogP contribution is -2.38. The molecular formula is C15H25F3N4O2. The lowest BCUT2D eigenvalue weighted by Gasteiger charge is -2.12. The first kappa shape index (κ1) is 20.3. The van der Waals surface area contributed by atoms with E-state index >= 15 is 0 Å². The lowest BCUT2D eigenvalue weighted by atomic mass is 10.1. The Morgan fingerprint density at radius 2 is 2.00 bits per heavy atom. The average Bonchev–Trinajstić information content (AvgIpc) is 2.94. The molecule has 0 radical (unpaired) electrons. The summed E-state index contributed by atoms with van der Waals surface area (Å²) in [5.41, 5.74) is 1.94. The van der Waals surface area contributed by atoms with E-state index < -0.39 is 12.8 Å². The van der Waals surface area contributed by atoms with Gasteiger partial charge in [0.05, 0.1) is 5.69 Å². The molecular weight excluding hydrogens is 325 g/mol. The Morgan fingerprint density at radius 3 is 2.58 bits per heavy atom. The maximum atomic E-state index is 11.9. The summed E-state index contributed by atoms with van der Waals surface area (Å²) in [6, 6.07) is 0. The molecule has 138 valence electrons. The third-order valence-corrected chi connectivity index (χ3v) is 3.29. The monoisotopic (exact) mass is 350 g/mol. The fourth-order valence-electron chi connectivity index (χ4n) is 2.10. The zero-order valence-electron chi connectivity index (χ0n) is 14.3. The van der Waals surface area contributed by atoms with Crippen molar-refractivity contribution in [1.29, 1.82) is 0 Å². The minimum absolute atomic E-state index is 0.0368. The summed E-state index contributed by atoms with van der Waals surface area (Å²) in [6.45, 7) is 3.82. The molecule has 0 aromatic carbocycles. The molecule has 0 saturated heterocycles. The van der Waals surface area contributed by atoms with Crippen LogP contribution in [0.3, 0.4) is 0 Å². The van der Waals surface area contributed by atoms with Gasteiger partial charge in [-0.2, -0.15) is 13.2 Å². The Kier molecular flexibility index (Phi) is 8.59. The number of aliphatic imine (C=N–C) groups is 1. The van der Waals surface area contributed by atoms with Crippen LogP contribution in [0.2, 0.25) is 0 Å². The number of hydrogen-bond donors (Lipinski definition) is 2. The molecule has 9 heteroatoms. The molecule has 0 spiro atoms. The molecule has 1 rings (SSSR count). The van der Waals surface area contributed by atoms with Gasteiger partial charge in [-0.25, -0.2) is 0 Å². The van der Waals surface area contributed by atoms with Gasteiger partial charge in [-0.3, -0.25) is 4.99 Å². The Balaban J connectivity index is 2.32. The minimum Gasteiger partial charge on any atom is -0.372 e. The molecule has 1 aromatic rings. The van der Waals surface area contributed by atoms with Crippen molar-refractivity contribution >= 4 is 5.96 Å². The van der Waals surface area contributed by atoms with Crippen molar-refractivity contribution in [2.24, 2.45) is 4.99 Å². The molecule has 0 fully saturated rings. The van der Waals surface area contributed by atoms with Crippen LogP contribution >= 0.6 is 0 Å². The zero-order chi connectivity index (χ0) is 18.0. The van der Waals surface area contributed by atoms with E-state index in [0.29, 0.717) is 25.5 Å². The number of nitrogens with one attached hydrogen (secondary N) is 2. The summed E-state index contributed by atoms with van der Waals surface area (Å²) in [5, 5.41) is 10.2. The number of alkyl halides is 3. The highest BCUT2D eigenvalue weighted by Crippen LogP contribution is 2.15. The molecule has 24 heavy (non-hydrogen) atoms. The lowest BCUT2D eigenvalue weighted by molar-refractivity contribution is -0.173. The van der Waals surface area contributed by atoms with Crippen molar-refractivity contribution in [2.75, 3.05) is 26.8 Å². The molecule has 0 unspecified atom stereocenters. The van der Waals surface area contributed by atoms with E-state index in [2.05, 4.69) is 25.5 Å². The van der Waals surface area contributed by atoms with Crippen LogP contribution in [-0.4, -0.2) is 44.1 Å². The van der Waals surface area contributed by atoms with Crippen LogP contribution in [0.1, 0.15) is 37.3 Å². The van der Waals surface area contributed by atoms with E-state index in [1.54, 1.807) is 7.05 Å². The second-order valence-corrected chi connectivity index (χ2v) is 5.11. The van der Waals surface area contributed by atoms with Crippen LogP contribution in [0.4, 0.5) is 13.2 Å². The second-order valence-electron chi connectivity index (χ2n) is 5.11. The Labute approximate surface area is 139 Å². The van der Waals surface area contributed by atoms with E-state index in [4.69, 9.17) is 4.52 Å². The van der Waals surface area contributed by atoms with Crippen LogP contribution < -0.4 is 10.6 Å². The Hall–Kier alpha value is -1.77. The molecule has 1 heterocycles. The summed E-state index contributed by atoms with van der Waals surface area (Å²) in [6.07, 6.45) is -2.29. The van der Waals surface area contributed by atoms with Crippen molar-refractivity contribution in [3.63, 3.8) is 0 Å². The number of ether oxygens (including phenoxy) is 1. The van der Waals surface area contributed by atoms with Gasteiger partial charge in [0.15, 0.2) is 5.96 Å². The number of aryl methyl sites for hydroxylation is 2. The first-order chi connectivity index (χ1) is 11.4. The number of hydrogen-bond acceptors (Lipinski definition) is 4. The Bertz CT molecular complexity index is 494. The molecule has 0 bridgehead atoms. The molecule has 0 amide bonds.